The van der Waals surface area contributed by atoms with Crippen molar-refractivity contribution >= 4 is 27.0 Å². The van der Waals surface area contributed by atoms with Gasteiger partial charge in [0.05, 0.1) is 10.6 Å². The molecule has 0 bridgehead atoms. The highest BCUT2D eigenvalue weighted by molar-refractivity contribution is 7.89. The Hall–Kier alpha value is -2.78. The SMILES string of the molecule is CNS(=O)(=O)c1ccc(CCC(=O)N2CCCC(c3nn(C)c4ncccc34)C2)cc1. The van der Waals surface area contributed by atoms with Crippen LogP contribution in [0.1, 0.15) is 36.4 Å². The second kappa shape index (κ2) is 8.76. The Balaban J connectivity index is 1.40. The molecule has 2 aromatic heterocycles. The second-order valence-corrected chi connectivity index (χ2v) is 9.80. The zero-order valence-electron chi connectivity index (χ0n) is 17.8. The van der Waals surface area contributed by atoms with Crippen LogP contribution >= 0.6 is 0 Å². The number of carbonyl (C=O) groups excluding carboxylic acids is 1. The summed E-state index contributed by atoms with van der Waals surface area (Å²) < 4.78 is 27.8. The summed E-state index contributed by atoms with van der Waals surface area (Å²) in [7, 11) is -0.160. The van der Waals surface area contributed by atoms with E-state index >= 15 is 0 Å². The van der Waals surface area contributed by atoms with E-state index in [0.717, 1.165) is 41.7 Å². The number of hydrogen-bond acceptors (Lipinski definition) is 5. The molecule has 8 nitrogen and oxygen atoms in total. The largest absolute Gasteiger partial charge is 0.342 e. The fraction of sp³-hybridized carbons (Fsp3) is 0.409. The van der Waals surface area contributed by atoms with Gasteiger partial charge in [0.2, 0.25) is 15.9 Å². The molecular weight excluding hydrogens is 414 g/mol. The predicted molar refractivity (Wildman–Crippen MR) is 118 cm³/mol. The van der Waals surface area contributed by atoms with E-state index in [4.69, 9.17) is 5.10 Å². The highest BCUT2D eigenvalue weighted by Crippen LogP contribution is 2.31. The average Bonchev–Trinajstić information content (AvgIpc) is 3.14. The first-order valence-corrected chi connectivity index (χ1v) is 12.0. The van der Waals surface area contributed by atoms with Crippen LogP contribution in [0.2, 0.25) is 0 Å². The summed E-state index contributed by atoms with van der Waals surface area (Å²) in [6, 6.07) is 10.6. The molecule has 3 heterocycles. The summed E-state index contributed by atoms with van der Waals surface area (Å²) in [6.07, 6.45) is 4.70. The van der Waals surface area contributed by atoms with E-state index in [1.807, 2.05) is 28.8 Å². The summed E-state index contributed by atoms with van der Waals surface area (Å²) in [5, 5.41) is 5.75. The maximum atomic E-state index is 12.9. The maximum Gasteiger partial charge on any atom is 0.240 e. The van der Waals surface area contributed by atoms with E-state index in [-0.39, 0.29) is 16.7 Å². The predicted octanol–water partition coefficient (Wildman–Crippen LogP) is 2.22. The summed E-state index contributed by atoms with van der Waals surface area (Å²) in [5.74, 6) is 0.326. The van der Waals surface area contributed by atoms with Crippen molar-refractivity contribution < 1.29 is 13.2 Å². The number of hydrogen-bond donors (Lipinski definition) is 1. The van der Waals surface area contributed by atoms with Crippen molar-refractivity contribution in [3.63, 3.8) is 0 Å². The molecular formula is C22H27N5O3S. The quantitative estimate of drug-likeness (QED) is 0.633. The van der Waals surface area contributed by atoms with E-state index in [0.29, 0.717) is 19.4 Å². The minimum absolute atomic E-state index is 0.120. The van der Waals surface area contributed by atoms with Crippen molar-refractivity contribution in [1.82, 2.24) is 24.4 Å². The molecule has 1 amide bonds. The van der Waals surface area contributed by atoms with Crippen molar-refractivity contribution in [2.45, 2.75) is 36.5 Å². The van der Waals surface area contributed by atoms with Crippen LogP contribution in [0.3, 0.4) is 0 Å². The van der Waals surface area contributed by atoms with Gasteiger partial charge in [-0.15, -0.1) is 0 Å². The minimum Gasteiger partial charge on any atom is -0.342 e. The number of carbonyl (C=O) groups is 1. The fourth-order valence-electron chi connectivity index (χ4n) is 4.21. The Labute approximate surface area is 182 Å². The molecule has 1 aromatic carbocycles. The lowest BCUT2D eigenvalue weighted by atomic mass is 9.93. The van der Waals surface area contributed by atoms with Crippen LogP contribution in [0.5, 0.6) is 0 Å². The Kier molecular flexibility index (Phi) is 6.06. The standard InChI is InChI=1S/C22H27N5O3S/c1-23-31(29,30)18-10-7-16(8-11-18)9-12-20(28)27-14-4-5-17(15-27)21-19-6-3-13-24-22(19)26(2)25-21/h3,6-8,10-11,13,17,23H,4-5,9,12,14-15H2,1-2H3. The van der Waals surface area contributed by atoms with Crippen molar-refractivity contribution in [2.24, 2.45) is 7.05 Å². The maximum absolute atomic E-state index is 12.9. The Bertz CT molecular complexity index is 1190. The number of nitrogens with zero attached hydrogens (tertiary/aromatic N) is 4. The Morgan fingerprint density at radius 3 is 2.74 bits per heavy atom. The molecule has 1 saturated heterocycles. The van der Waals surface area contributed by atoms with Crippen LogP contribution in [-0.4, -0.2) is 54.1 Å². The molecule has 9 heteroatoms. The van der Waals surface area contributed by atoms with Gasteiger partial charge in [-0.3, -0.25) is 9.48 Å². The van der Waals surface area contributed by atoms with E-state index in [9.17, 15) is 13.2 Å². The Morgan fingerprint density at radius 2 is 2.00 bits per heavy atom. The van der Waals surface area contributed by atoms with Gasteiger partial charge in [-0.25, -0.2) is 18.1 Å². The Morgan fingerprint density at radius 1 is 1.23 bits per heavy atom. The second-order valence-electron chi connectivity index (χ2n) is 7.91. The third-order valence-corrected chi connectivity index (χ3v) is 7.35. The van der Waals surface area contributed by atoms with Crippen molar-refractivity contribution in [2.75, 3.05) is 20.1 Å². The normalized spacial score (nSPS) is 17.2. The lowest BCUT2D eigenvalue weighted by Crippen LogP contribution is -2.39. The van der Waals surface area contributed by atoms with Gasteiger partial charge in [0.1, 0.15) is 0 Å². The van der Waals surface area contributed by atoms with Crippen molar-refractivity contribution in [3.8, 4) is 0 Å². The molecule has 1 aliphatic heterocycles. The summed E-state index contributed by atoms with van der Waals surface area (Å²) >= 11 is 0. The van der Waals surface area contributed by atoms with Crippen molar-refractivity contribution in [1.29, 1.82) is 0 Å². The molecule has 4 rings (SSSR count). The highest BCUT2D eigenvalue weighted by Gasteiger charge is 2.28. The summed E-state index contributed by atoms with van der Waals surface area (Å²) in [6.45, 7) is 1.43. The van der Waals surface area contributed by atoms with Gasteiger partial charge in [0.15, 0.2) is 5.65 Å². The molecule has 0 aliphatic carbocycles. The van der Waals surface area contributed by atoms with Crippen LogP contribution in [0, 0.1) is 0 Å². The van der Waals surface area contributed by atoms with Crippen LogP contribution in [-0.2, 0) is 28.3 Å². The van der Waals surface area contributed by atoms with E-state index in [1.54, 1.807) is 30.5 Å². The minimum atomic E-state index is -3.45. The number of fused-ring (bicyclic) bond motifs is 1. The van der Waals surface area contributed by atoms with Gasteiger partial charge in [-0.1, -0.05) is 12.1 Å². The lowest BCUT2D eigenvalue weighted by molar-refractivity contribution is -0.132. The molecule has 3 aromatic rings. The number of piperidine rings is 1. The third-order valence-electron chi connectivity index (χ3n) is 5.92. The summed E-state index contributed by atoms with van der Waals surface area (Å²) in [5.41, 5.74) is 2.83. The molecule has 0 saturated carbocycles. The van der Waals surface area contributed by atoms with E-state index in [2.05, 4.69) is 9.71 Å². The van der Waals surface area contributed by atoms with Crippen LogP contribution in [0.25, 0.3) is 11.0 Å². The van der Waals surface area contributed by atoms with Gasteiger partial charge in [-0.05, 0) is 56.1 Å². The van der Waals surface area contributed by atoms with Gasteiger partial charge < -0.3 is 4.90 Å². The molecule has 31 heavy (non-hydrogen) atoms. The highest BCUT2D eigenvalue weighted by atomic mass is 32.2. The van der Waals surface area contributed by atoms with Crippen LogP contribution in [0.4, 0.5) is 0 Å². The molecule has 1 atom stereocenters. The van der Waals surface area contributed by atoms with Crippen LogP contribution < -0.4 is 4.72 Å². The third kappa shape index (κ3) is 4.47. The van der Waals surface area contributed by atoms with Gasteiger partial charge in [0.25, 0.3) is 0 Å². The monoisotopic (exact) mass is 441 g/mol. The molecule has 1 fully saturated rings. The van der Waals surface area contributed by atoms with Crippen LogP contribution in [0.15, 0.2) is 47.5 Å². The van der Waals surface area contributed by atoms with Gasteiger partial charge in [-0.2, -0.15) is 5.10 Å². The van der Waals surface area contributed by atoms with E-state index in [1.165, 1.54) is 7.05 Å². The first-order chi connectivity index (χ1) is 14.9. The zero-order chi connectivity index (χ0) is 22.0. The molecule has 1 N–H and O–H groups in total. The van der Waals surface area contributed by atoms with Gasteiger partial charge >= 0.3 is 0 Å². The lowest BCUT2D eigenvalue weighted by Gasteiger charge is -2.32. The molecule has 0 radical (unpaired) electrons. The van der Waals surface area contributed by atoms with E-state index < -0.39 is 10.0 Å². The molecule has 164 valence electrons. The zero-order valence-corrected chi connectivity index (χ0v) is 18.6. The first kappa shape index (κ1) is 21.5. The molecule has 0 spiro atoms. The van der Waals surface area contributed by atoms with Crippen molar-refractivity contribution in [3.05, 3.63) is 53.9 Å². The average molecular weight is 442 g/mol. The molecule has 1 aliphatic rings. The number of sulfonamides is 1. The first-order valence-electron chi connectivity index (χ1n) is 10.5. The topological polar surface area (TPSA) is 97.2 Å². The summed E-state index contributed by atoms with van der Waals surface area (Å²) in [4.78, 5) is 19.4. The van der Waals surface area contributed by atoms with Gasteiger partial charge in [0, 0.05) is 44.1 Å². The number of aromatic nitrogens is 3. The number of benzene rings is 1. The fourth-order valence-corrected chi connectivity index (χ4v) is 4.94. The number of amides is 1. The number of nitrogens with one attached hydrogen (secondary N) is 1. The number of rotatable bonds is 6. The number of aryl methyl sites for hydroxylation is 2. The molecule has 1 unspecified atom stereocenters. The smallest absolute Gasteiger partial charge is 0.240 e. The number of likely N-dealkylation sites (tertiary alicyclic amines) is 1. The number of pyridine rings is 1.